The third kappa shape index (κ3) is 24.1. The van der Waals surface area contributed by atoms with E-state index in [2.05, 4.69) is 50.2 Å². The van der Waals surface area contributed by atoms with E-state index in [4.69, 9.17) is 9.47 Å². The molecule has 22 heavy (non-hydrogen) atoms. The summed E-state index contributed by atoms with van der Waals surface area (Å²) < 4.78 is 10.4. The Kier molecular flexibility index (Phi) is 29.5. The van der Waals surface area contributed by atoms with E-state index < -0.39 is 0 Å². The van der Waals surface area contributed by atoms with E-state index in [1.54, 1.807) is 0 Å². The van der Waals surface area contributed by atoms with E-state index in [0.29, 0.717) is 11.1 Å². The highest BCUT2D eigenvalue weighted by Gasteiger charge is 1.93. The number of ether oxygens (including phenoxy) is 2. The number of allylic oxidation sites excluding steroid dienone is 1. The molecule has 0 radical (unpaired) electrons. The lowest BCUT2D eigenvalue weighted by molar-refractivity contribution is 0.0638. The molecule has 130 valence electrons. The van der Waals surface area contributed by atoms with E-state index in [-0.39, 0.29) is 6.79 Å². The topological polar surface area (TPSA) is 18.5 Å². The predicted octanol–water partition coefficient (Wildman–Crippen LogP) is 7.20. The van der Waals surface area contributed by atoms with Gasteiger partial charge in [0.2, 0.25) is 6.79 Å². The van der Waals surface area contributed by atoms with Gasteiger partial charge in [0, 0.05) is 0 Å². The van der Waals surface area contributed by atoms with Gasteiger partial charge in [-0.15, -0.1) is 0 Å². The average Bonchev–Trinajstić information content (AvgIpc) is 2.58. The van der Waals surface area contributed by atoms with Crippen molar-refractivity contribution in [1.82, 2.24) is 0 Å². The van der Waals surface area contributed by atoms with E-state index in [1.807, 2.05) is 44.2 Å². The molecule has 0 aliphatic carbocycles. The van der Waals surface area contributed by atoms with Crippen LogP contribution < -0.4 is 4.74 Å². The Labute approximate surface area is 147 Å². The summed E-state index contributed by atoms with van der Waals surface area (Å²) in [4.78, 5) is 0. The van der Waals surface area contributed by atoms with Crippen LogP contribution in [0.15, 0.2) is 42.7 Å². The zero-order chi connectivity index (χ0) is 17.6. The summed E-state index contributed by atoms with van der Waals surface area (Å²) in [7, 11) is 0. The smallest absolute Gasteiger partial charge is 0.230 e. The van der Waals surface area contributed by atoms with Gasteiger partial charge in [-0.25, -0.2) is 0 Å². The van der Waals surface area contributed by atoms with E-state index in [9.17, 15) is 0 Å². The van der Waals surface area contributed by atoms with Crippen molar-refractivity contribution < 1.29 is 9.47 Å². The summed E-state index contributed by atoms with van der Waals surface area (Å²) in [5, 5.41) is 0.630. The summed E-state index contributed by atoms with van der Waals surface area (Å²) in [5.74, 6) is 1.46. The average molecular weight is 375 g/mol. The third-order valence-corrected chi connectivity index (χ3v) is 2.51. The molecule has 0 saturated heterocycles. The highest BCUT2D eigenvalue weighted by molar-refractivity contribution is 9.09. The first-order valence-electron chi connectivity index (χ1n) is 8.20. The molecule has 0 saturated carbocycles. The molecule has 0 bridgehead atoms. The lowest BCUT2D eigenvalue weighted by Gasteiger charge is -2.08. The molecular formula is C19H35BrO2. The summed E-state index contributed by atoms with van der Waals surface area (Å²) in [6.07, 6.45) is 3.89. The Bertz CT molecular complexity index is 298. The minimum absolute atomic E-state index is 0.203. The minimum Gasteiger partial charge on any atom is -0.462 e. The van der Waals surface area contributed by atoms with Crippen molar-refractivity contribution in [2.24, 2.45) is 0 Å². The second-order valence-electron chi connectivity index (χ2n) is 4.10. The fourth-order valence-electron chi connectivity index (χ4n) is 0.736. The molecule has 0 unspecified atom stereocenters. The standard InChI is InChI=1S/C10H11BrO2.C4H10.C3H8.C2H6/c1-9(7-11)12-8-13-10-5-3-2-4-6-10;1-3-4-2;1-3-2;1-2/h2-6H,1,7-8H2;3-4H2,1-2H3;3H2,1-2H3;1-2H3. The van der Waals surface area contributed by atoms with Crippen molar-refractivity contribution >= 4 is 15.9 Å². The maximum atomic E-state index is 5.27. The molecule has 0 atom stereocenters. The van der Waals surface area contributed by atoms with Crippen LogP contribution in [0.1, 0.15) is 60.8 Å². The Hall–Kier alpha value is -0.960. The van der Waals surface area contributed by atoms with Gasteiger partial charge in [0.25, 0.3) is 0 Å². The van der Waals surface area contributed by atoms with Crippen molar-refractivity contribution in [1.29, 1.82) is 0 Å². The fourth-order valence-corrected chi connectivity index (χ4v) is 0.898. The van der Waals surface area contributed by atoms with Crippen molar-refractivity contribution in [3.05, 3.63) is 42.7 Å². The third-order valence-electron chi connectivity index (χ3n) is 1.88. The van der Waals surface area contributed by atoms with Gasteiger partial charge in [-0.2, -0.15) is 0 Å². The molecule has 0 fully saturated rings. The van der Waals surface area contributed by atoms with Crippen molar-refractivity contribution in [3.63, 3.8) is 0 Å². The molecule has 0 amide bonds. The number of benzene rings is 1. The van der Waals surface area contributed by atoms with Gasteiger partial charge in [-0.05, 0) is 12.1 Å². The second-order valence-corrected chi connectivity index (χ2v) is 4.66. The maximum absolute atomic E-state index is 5.27. The number of alkyl halides is 1. The Balaban J connectivity index is -0.000000336. The molecule has 0 heterocycles. The van der Waals surface area contributed by atoms with Crippen LogP contribution in [0, 0.1) is 0 Å². The molecule has 0 spiro atoms. The molecular weight excluding hydrogens is 340 g/mol. The molecule has 2 nitrogen and oxygen atoms in total. The predicted molar refractivity (Wildman–Crippen MR) is 104 cm³/mol. The van der Waals surface area contributed by atoms with E-state index in [0.717, 1.165) is 5.75 Å². The molecule has 1 aromatic rings. The van der Waals surface area contributed by atoms with Crippen LogP contribution in [-0.4, -0.2) is 12.1 Å². The van der Waals surface area contributed by atoms with Crippen LogP contribution in [0.5, 0.6) is 5.75 Å². The number of rotatable bonds is 6. The quantitative estimate of drug-likeness (QED) is 0.297. The van der Waals surface area contributed by atoms with Gasteiger partial charge in [0.1, 0.15) is 11.5 Å². The van der Waals surface area contributed by atoms with Crippen LogP contribution in [0.3, 0.4) is 0 Å². The monoisotopic (exact) mass is 374 g/mol. The van der Waals surface area contributed by atoms with Crippen LogP contribution >= 0.6 is 15.9 Å². The lowest BCUT2D eigenvalue weighted by atomic mass is 10.3. The number of hydrogen-bond acceptors (Lipinski definition) is 2. The second kappa shape index (κ2) is 25.0. The van der Waals surface area contributed by atoms with Crippen LogP contribution in [0.2, 0.25) is 0 Å². The first-order valence-corrected chi connectivity index (χ1v) is 9.32. The van der Waals surface area contributed by atoms with Crippen LogP contribution in [0.25, 0.3) is 0 Å². The lowest BCUT2D eigenvalue weighted by Crippen LogP contribution is -2.02. The fraction of sp³-hybridized carbons (Fsp3) is 0.579. The first kappa shape index (κ1) is 26.0. The number of unbranched alkanes of at least 4 members (excludes halogenated alkanes) is 1. The molecule has 3 heteroatoms. The van der Waals surface area contributed by atoms with Gasteiger partial charge in [-0.1, -0.05) is 102 Å². The highest BCUT2D eigenvalue weighted by Crippen LogP contribution is 2.08. The van der Waals surface area contributed by atoms with Gasteiger partial charge in [0.05, 0.1) is 5.33 Å². The molecule has 0 aliphatic heterocycles. The van der Waals surface area contributed by atoms with Gasteiger partial charge >= 0.3 is 0 Å². The number of para-hydroxylation sites is 1. The summed E-state index contributed by atoms with van der Waals surface area (Å²) >= 11 is 3.22. The Morgan fingerprint density at radius 3 is 1.82 bits per heavy atom. The van der Waals surface area contributed by atoms with Gasteiger partial charge in [-0.3, -0.25) is 0 Å². The molecule has 0 aromatic heterocycles. The summed E-state index contributed by atoms with van der Waals surface area (Å²) in [6, 6.07) is 9.51. The van der Waals surface area contributed by atoms with Crippen molar-refractivity contribution in [2.75, 3.05) is 12.1 Å². The largest absolute Gasteiger partial charge is 0.462 e. The zero-order valence-corrected chi connectivity index (χ0v) is 16.9. The molecule has 0 aliphatic rings. The number of hydrogen-bond donors (Lipinski definition) is 0. The first-order chi connectivity index (χ1) is 10.7. The molecule has 1 aromatic carbocycles. The normalized spacial score (nSPS) is 7.95. The van der Waals surface area contributed by atoms with Crippen molar-refractivity contribution in [3.8, 4) is 5.75 Å². The summed E-state index contributed by atoms with van der Waals surface area (Å²) in [6.45, 7) is 16.5. The van der Waals surface area contributed by atoms with Gasteiger partial charge < -0.3 is 9.47 Å². The number of halogens is 1. The maximum Gasteiger partial charge on any atom is 0.230 e. The SMILES string of the molecule is C=C(CBr)OCOc1ccccc1.CC.CCC.CCCC. The van der Waals surface area contributed by atoms with E-state index in [1.165, 1.54) is 19.3 Å². The Morgan fingerprint density at radius 2 is 1.45 bits per heavy atom. The Morgan fingerprint density at radius 1 is 1.00 bits per heavy atom. The molecule has 0 N–H and O–H groups in total. The van der Waals surface area contributed by atoms with E-state index >= 15 is 0 Å². The summed E-state index contributed by atoms with van der Waals surface area (Å²) in [5.41, 5.74) is 0. The van der Waals surface area contributed by atoms with Crippen LogP contribution in [0.4, 0.5) is 0 Å². The zero-order valence-electron chi connectivity index (χ0n) is 15.3. The van der Waals surface area contributed by atoms with Gasteiger partial charge in [0.15, 0.2) is 0 Å². The van der Waals surface area contributed by atoms with Crippen molar-refractivity contribution in [2.45, 2.75) is 60.8 Å². The molecule has 1 rings (SSSR count). The van der Waals surface area contributed by atoms with Crippen LogP contribution in [-0.2, 0) is 4.74 Å². The highest BCUT2D eigenvalue weighted by atomic mass is 79.9. The minimum atomic E-state index is 0.203.